The molecule has 0 aromatic heterocycles. The molecule has 0 bridgehead atoms. The Balaban J connectivity index is 4.01. The Morgan fingerprint density at radius 1 is 1.06 bits per heavy atom. The number of hydrogen-bond donors (Lipinski definition) is 1. The van der Waals surface area contributed by atoms with Crippen molar-refractivity contribution in [3.8, 4) is 0 Å². The molecule has 0 rings (SSSR count). The summed E-state index contributed by atoms with van der Waals surface area (Å²) >= 11 is 0. The predicted octanol–water partition coefficient (Wildman–Crippen LogP) is 3.76. The van der Waals surface area contributed by atoms with Crippen molar-refractivity contribution < 1.29 is 17.9 Å². The summed E-state index contributed by atoms with van der Waals surface area (Å²) in [6, 6.07) is 0. The van der Waals surface area contributed by atoms with Crippen LogP contribution in [-0.2, 0) is 4.74 Å². The summed E-state index contributed by atoms with van der Waals surface area (Å²) in [6.07, 6.45) is -0.576. The second-order valence-corrected chi connectivity index (χ2v) is 4.80. The minimum atomic E-state index is -4.22. The number of hydrogen-bond acceptors (Lipinski definition) is 2. The molecule has 110 valence electrons. The van der Waals surface area contributed by atoms with Crippen molar-refractivity contribution in [1.82, 2.24) is 5.32 Å². The van der Waals surface area contributed by atoms with Gasteiger partial charge in [0.25, 0.3) is 0 Å². The zero-order valence-electron chi connectivity index (χ0n) is 11.7. The second-order valence-electron chi connectivity index (χ2n) is 4.80. The molecular weight excluding hydrogens is 243 g/mol. The van der Waals surface area contributed by atoms with Gasteiger partial charge in [0.15, 0.2) is 0 Å². The van der Waals surface area contributed by atoms with Gasteiger partial charge >= 0.3 is 6.18 Å². The molecule has 18 heavy (non-hydrogen) atoms. The summed E-state index contributed by atoms with van der Waals surface area (Å²) in [5.74, 6) is 0. The fourth-order valence-corrected chi connectivity index (χ4v) is 1.95. The maximum atomic E-state index is 12.0. The van der Waals surface area contributed by atoms with Gasteiger partial charge < -0.3 is 10.1 Å². The van der Waals surface area contributed by atoms with Gasteiger partial charge in [0, 0.05) is 13.2 Å². The predicted molar refractivity (Wildman–Crippen MR) is 67.7 cm³/mol. The number of ether oxygens (including phenoxy) is 1. The van der Waals surface area contributed by atoms with Crippen molar-refractivity contribution in [2.75, 3.05) is 26.3 Å². The molecule has 0 fully saturated rings. The maximum Gasteiger partial charge on any atom is 0.411 e. The third kappa shape index (κ3) is 7.93. The van der Waals surface area contributed by atoms with Crippen molar-refractivity contribution >= 4 is 0 Å². The molecule has 0 aromatic carbocycles. The standard InChI is InChI=1S/C13H26F3NO/c1-4-8-17-10-12(5-2,6-3)7-9-18-11-13(14,15)16/h17H,4-11H2,1-3H3. The Morgan fingerprint density at radius 3 is 2.11 bits per heavy atom. The van der Waals surface area contributed by atoms with E-state index in [0.29, 0.717) is 6.42 Å². The Kier molecular flexibility index (Phi) is 8.61. The van der Waals surface area contributed by atoms with Crippen molar-refractivity contribution in [2.45, 2.75) is 52.6 Å². The highest BCUT2D eigenvalue weighted by Crippen LogP contribution is 2.30. The van der Waals surface area contributed by atoms with Crippen molar-refractivity contribution in [3.05, 3.63) is 0 Å². The zero-order chi connectivity index (χ0) is 14.1. The van der Waals surface area contributed by atoms with Crippen LogP contribution in [0.2, 0.25) is 0 Å². The summed E-state index contributed by atoms with van der Waals surface area (Å²) < 4.78 is 40.6. The molecular formula is C13H26F3NO. The van der Waals surface area contributed by atoms with E-state index in [1.54, 1.807) is 0 Å². The number of halogens is 3. The minimum Gasteiger partial charge on any atom is -0.372 e. The summed E-state index contributed by atoms with van der Waals surface area (Å²) in [5.41, 5.74) is 0.0563. The molecule has 1 N–H and O–H groups in total. The Morgan fingerprint density at radius 2 is 1.67 bits per heavy atom. The smallest absolute Gasteiger partial charge is 0.372 e. The van der Waals surface area contributed by atoms with E-state index in [2.05, 4.69) is 26.1 Å². The Hall–Kier alpha value is -0.290. The third-order valence-electron chi connectivity index (χ3n) is 3.47. The van der Waals surface area contributed by atoms with Crippen LogP contribution in [0.15, 0.2) is 0 Å². The topological polar surface area (TPSA) is 21.3 Å². The largest absolute Gasteiger partial charge is 0.411 e. The third-order valence-corrected chi connectivity index (χ3v) is 3.47. The molecule has 0 aliphatic carbocycles. The van der Waals surface area contributed by atoms with Gasteiger partial charge in [-0.25, -0.2) is 0 Å². The highest BCUT2D eigenvalue weighted by molar-refractivity contribution is 4.79. The van der Waals surface area contributed by atoms with E-state index >= 15 is 0 Å². The highest BCUT2D eigenvalue weighted by Gasteiger charge is 2.29. The summed E-state index contributed by atoms with van der Waals surface area (Å²) in [6.45, 7) is 7.10. The van der Waals surface area contributed by atoms with E-state index in [-0.39, 0.29) is 12.0 Å². The van der Waals surface area contributed by atoms with Gasteiger partial charge in [0.05, 0.1) is 0 Å². The van der Waals surface area contributed by atoms with Gasteiger partial charge in [-0.05, 0) is 37.6 Å². The van der Waals surface area contributed by atoms with Crippen molar-refractivity contribution in [1.29, 1.82) is 0 Å². The lowest BCUT2D eigenvalue weighted by Gasteiger charge is -2.32. The van der Waals surface area contributed by atoms with Crippen LogP contribution in [-0.4, -0.2) is 32.5 Å². The molecule has 0 atom stereocenters. The molecule has 0 unspecified atom stereocenters. The van der Waals surface area contributed by atoms with Gasteiger partial charge in [0.2, 0.25) is 0 Å². The van der Waals surface area contributed by atoms with E-state index in [1.165, 1.54) is 0 Å². The van der Waals surface area contributed by atoms with E-state index < -0.39 is 12.8 Å². The fraction of sp³-hybridized carbons (Fsp3) is 1.00. The molecule has 0 spiro atoms. The first kappa shape index (κ1) is 17.7. The minimum absolute atomic E-state index is 0.0563. The first-order chi connectivity index (χ1) is 8.39. The normalized spacial score (nSPS) is 13.0. The van der Waals surface area contributed by atoms with Crippen LogP contribution in [0.1, 0.15) is 46.5 Å². The average molecular weight is 269 g/mol. The average Bonchev–Trinajstić information content (AvgIpc) is 2.31. The number of rotatable bonds is 10. The highest BCUT2D eigenvalue weighted by atomic mass is 19.4. The lowest BCUT2D eigenvalue weighted by Crippen LogP contribution is -2.35. The van der Waals surface area contributed by atoms with Gasteiger partial charge in [0.1, 0.15) is 6.61 Å². The molecule has 0 saturated heterocycles. The summed E-state index contributed by atoms with van der Waals surface area (Å²) in [4.78, 5) is 0. The van der Waals surface area contributed by atoms with Crippen LogP contribution in [0.5, 0.6) is 0 Å². The molecule has 2 nitrogen and oxygen atoms in total. The van der Waals surface area contributed by atoms with Crippen LogP contribution in [0.4, 0.5) is 13.2 Å². The lowest BCUT2D eigenvalue weighted by atomic mass is 9.79. The van der Waals surface area contributed by atoms with E-state index in [4.69, 9.17) is 4.74 Å². The second kappa shape index (κ2) is 8.75. The van der Waals surface area contributed by atoms with Gasteiger partial charge in [-0.2, -0.15) is 13.2 Å². The number of alkyl halides is 3. The zero-order valence-corrected chi connectivity index (χ0v) is 11.7. The molecule has 0 aliphatic rings. The van der Waals surface area contributed by atoms with Crippen LogP contribution in [0.3, 0.4) is 0 Å². The van der Waals surface area contributed by atoms with E-state index in [9.17, 15) is 13.2 Å². The van der Waals surface area contributed by atoms with Crippen LogP contribution < -0.4 is 5.32 Å². The van der Waals surface area contributed by atoms with Crippen molar-refractivity contribution in [3.63, 3.8) is 0 Å². The molecule has 0 aromatic rings. The van der Waals surface area contributed by atoms with Crippen LogP contribution in [0.25, 0.3) is 0 Å². The van der Waals surface area contributed by atoms with Crippen LogP contribution in [0, 0.1) is 5.41 Å². The fourth-order valence-electron chi connectivity index (χ4n) is 1.95. The van der Waals surface area contributed by atoms with E-state index in [0.717, 1.165) is 32.4 Å². The Labute approximate surface area is 108 Å². The maximum absolute atomic E-state index is 12.0. The molecule has 5 heteroatoms. The Bertz CT molecular complexity index is 203. The summed E-state index contributed by atoms with van der Waals surface area (Å²) in [7, 11) is 0. The van der Waals surface area contributed by atoms with Gasteiger partial charge in [-0.1, -0.05) is 20.8 Å². The number of nitrogens with one attached hydrogen (secondary N) is 1. The van der Waals surface area contributed by atoms with E-state index in [1.807, 2.05) is 0 Å². The monoisotopic (exact) mass is 269 g/mol. The molecule has 0 radical (unpaired) electrons. The first-order valence-corrected chi connectivity index (χ1v) is 6.74. The SMILES string of the molecule is CCCNCC(CC)(CC)CCOCC(F)(F)F. The molecule has 0 amide bonds. The first-order valence-electron chi connectivity index (χ1n) is 6.74. The molecule has 0 saturated carbocycles. The molecule has 0 aliphatic heterocycles. The van der Waals surface area contributed by atoms with Gasteiger partial charge in [-0.15, -0.1) is 0 Å². The molecule has 0 heterocycles. The quantitative estimate of drug-likeness (QED) is 0.610. The van der Waals surface area contributed by atoms with Crippen LogP contribution >= 0.6 is 0 Å². The lowest BCUT2D eigenvalue weighted by molar-refractivity contribution is -0.175. The van der Waals surface area contributed by atoms with Gasteiger partial charge in [-0.3, -0.25) is 0 Å². The summed E-state index contributed by atoms with van der Waals surface area (Å²) in [5, 5.41) is 3.36. The van der Waals surface area contributed by atoms with Crippen molar-refractivity contribution in [2.24, 2.45) is 5.41 Å².